The Morgan fingerprint density at radius 2 is 1.86 bits per heavy atom. The third-order valence-corrected chi connectivity index (χ3v) is 2.03. The van der Waals surface area contributed by atoms with Gasteiger partial charge in [0, 0.05) is 10.2 Å². The van der Waals surface area contributed by atoms with E-state index in [9.17, 15) is 13.2 Å². The minimum absolute atomic E-state index is 0.000926. The lowest BCUT2D eigenvalue weighted by atomic mass is 10.1. The van der Waals surface area contributed by atoms with E-state index in [4.69, 9.17) is 12.2 Å². The highest BCUT2D eigenvalue weighted by Gasteiger charge is 2.31. The number of aromatic nitrogens is 1. The number of nitrogens with one attached hydrogen (secondary N) is 1. The topological polar surface area (TPSA) is 15.8 Å². The largest absolute Gasteiger partial charge is 0.431 e. The maximum absolute atomic E-state index is 12.3. The Hall–Kier alpha value is -0.840. The molecule has 1 heterocycles. The molecule has 1 aromatic heterocycles. The molecule has 0 spiro atoms. The Morgan fingerprint density at radius 1 is 1.29 bits per heavy atom. The Morgan fingerprint density at radius 3 is 2.29 bits per heavy atom. The average Bonchev–Trinajstić information content (AvgIpc) is 2.01. The molecule has 0 saturated carbocycles. The second kappa shape index (κ2) is 3.73. The first-order valence-electron chi connectivity index (χ1n) is 4.12. The summed E-state index contributed by atoms with van der Waals surface area (Å²) >= 11 is 4.76. The van der Waals surface area contributed by atoms with Crippen LogP contribution in [0.5, 0.6) is 0 Å². The van der Waals surface area contributed by atoms with E-state index in [0.717, 1.165) is 6.07 Å². The van der Waals surface area contributed by atoms with Crippen LogP contribution in [0.2, 0.25) is 0 Å². The minimum atomic E-state index is -4.36. The van der Waals surface area contributed by atoms with Crippen LogP contribution in [0.25, 0.3) is 0 Å². The molecule has 1 aromatic rings. The van der Waals surface area contributed by atoms with E-state index in [1.165, 1.54) is 0 Å². The lowest BCUT2D eigenvalue weighted by Gasteiger charge is -2.11. The van der Waals surface area contributed by atoms with Crippen molar-refractivity contribution in [2.24, 2.45) is 0 Å². The second-order valence-electron chi connectivity index (χ2n) is 3.34. The summed E-state index contributed by atoms with van der Waals surface area (Å²) in [6.45, 7) is 3.61. The van der Waals surface area contributed by atoms with E-state index in [-0.39, 0.29) is 10.4 Å². The molecular weight excluding hydrogens is 211 g/mol. The molecule has 0 aliphatic rings. The van der Waals surface area contributed by atoms with Crippen molar-refractivity contribution in [3.63, 3.8) is 0 Å². The Kier molecular flexibility index (Phi) is 2.99. The molecule has 0 aliphatic carbocycles. The molecule has 1 N–H and O–H groups in total. The van der Waals surface area contributed by atoms with Crippen LogP contribution in [0, 0.1) is 4.51 Å². The molecule has 0 amide bonds. The van der Waals surface area contributed by atoms with Gasteiger partial charge in [-0.25, -0.2) is 0 Å². The van der Waals surface area contributed by atoms with Crippen molar-refractivity contribution >= 4 is 12.2 Å². The van der Waals surface area contributed by atoms with Crippen molar-refractivity contribution in [3.05, 3.63) is 28.0 Å². The molecule has 0 saturated heterocycles. The molecule has 0 aliphatic heterocycles. The highest BCUT2D eigenvalue weighted by atomic mass is 32.1. The van der Waals surface area contributed by atoms with Gasteiger partial charge in [0.25, 0.3) is 0 Å². The zero-order valence-corrected chi connectivity index (χ0v) is 8.59. The van der Waals surface area contributed by atoms with Crippen molar-refractivity contribution in [3.8, 4) is 0 Å². The maximum Gasteiger partial charge on any atom is 0.431 e. The molecule has 78 valence electrons. The van der Waals surface area contributed by atoms with Gasteiger partial charge in [0.15, 0.2) is 0 Å². The minimum Gasteiger partial charge on any atom is -0.355 e. The van der Waals surface area contributed by atoms with Crippen LogP contribution in [0.3, 0.4) is 0 Å². The van der Waals surface area contributed by atoms with Crippen LogP contribution in [-0.4, -0.2) is 4.98 Å². The summed E-state index contributed by atoms with van der Waals surface area (Å²) in [5, 5.41) is 0. The van der Waals surface area contributed by atoms with Gasteiger partial charge in [0.2, 0.25) is 0 Å². The van der Waals surface area contributed by atoms with Crippen LogP contribution in [-0.2, 0) is 6.18 Å². The number of aromatic amines is 1. The predicted octanol–water partition coefficient (Wildman–Crippen LogP) is 3.89. The Bertz CT molecular complexity index is 378. The van der Waals surface area contributed by atoms with Gasteiger partial charge >= 0.3 is 6.18 Å². The summed E-state index contributed by atoms with van der Waals surface area (Å²) in [5.41, 5.74) is -0.279. The van der Waals surface area contributed by atoms with Gasteiger partial charge in [-0.2, -0.15) is 13.2 Å². The van der Waals surface area contributed by atoms with E-state index < -0.39 is 11.9 Å². The zero-order chi connectivity index (χ0) is 10.9. The molecule has 0 bridgehead atoms. The molecule has 5 heteroatoms. The van der Waals surface area contributed by atoms with Gasteiger partial charge in [-0.05, 0) is 18.1 Å². The maximum atomic E-state index is 12.3. The van der Waals surface area contributed by atoms with Crippen LogP contribution >= 0.6 is 12.2 Å². The summed E-state index contributed by atoms with van der Waals surface area (Å²) in [4.78, 5) is 2.33. The number of alkyl halides is 3. The van der Waals surface area contributed by atoms with Gasteiger partial charge < -0.3 is 4.98 Å². The molecule has 0 atom stereocenters. The SMILES string of the molecule is CC(C)c1cc(=S)cc(C(F)(F)F)[nH]1. The molecule has 14 heavy (non-hydrogen) atoms. The highest BCUT2D eigenvalue weighted by Crippen LogP contribution is 2.28. The third-order valence-electron chi connectivity index (χ3n) is 1.79. The quantitative estimate of drug-likeness (QED) is 0.711. The summed E-state index contributed by atoms with van der Waals surface area (Å²) in [5.74, 6) is -0.000926. The van der Waals surface area contributed by atoms with Crippen LogP contribution in [0.15, 0.2) is 12.1 Å². The van der Waals surface area contributed by atoms with Gasteiger partial charge in [-0.15, -0.1) is 0 Å². The van der Waals surface area contributed by atoms with Crippen molar-refractivity contribution in [2.75, 3.05) is 0 Å². The predicted molar refractivity (Wildman–Crippen MR) is 50.7 cm³/mol. The average molecular weight is 221 g/mol. The fourth-order valence-corrected chi connectivity index (χ4v) is 1.27. The van der Waals surface area contributed by atoms with Crippen molar-refractivity contribution < 1.29 is 13.2 Å². The lowest BCUT2D eigenvalue weighted by Crippen LogP contribution is -2.09. The number of halogens is 3. The van der Waals surface area contributed by atoms with Gasteiger partial charge in [0.05, 0.1) is 0 Å². The van der Waals surface area contributed by atoms with Gasteiger partial charge in [-0.3, -0.25) is 0 Å². The van der Waals surface area contributed by atoms with Gasteiger partial charge in [-0.1, -0.05) is 26.1 Å². The first-order valence-corrected chi connectivity index (χ1v) is 4.53. The van der Waals surface area contributed by atoms with Crippen LogP contribution in [0.4, 0.5) is 13.2 Å². The van der Waals surface area contributed by atoms with Crippen molar-refractivity contribution in [2.45, 2.75) is 25.9 Å². The zero-order valence-electron chi connectivity index (χ0n) is 7.77. The van der Waals surface area contributed by atoms with E-state index in [0.29, 0.717) is 5.69 Å². The number of hydrogen-bond donors (Lipinski definition) is 1. The highest BCUT2D eigenvalue weighted by molar-refractivity contribution is 7.71. The Balaban J connectivity index is 3.28. The van der Waals surface area contributed by atoms with Crippen molar-refractivity contribution in [1.29, 1.82) is 0 Å². The molecule has 0 radical (unpaired) electrons. The van der Waals surface area contributed by atoms with E-state index >= 15 is 0 Å². The van der Waals surface area contributed by atoms with E-state index in [2.05, 4.69) is 4.98 Å². The number of H-pyrrole nitrogens is 1. The van der Waals surface area contributed by atoms with Crippen molar-refractivity contribution in [1.82, 2.24) is 4.98 Å². The normalized spacial score (nSPS) is 12.1. The Labute approximate surface area is 85.0 Å². The second-order valence-corrected chi connectivity index (χ2v) is 3.81. The first kappa shape index (κ1) is 11.2. The van der Waals surface area contributed by atoms with E-state index in [1.807, 2.05) is 0 Å². The fraction of sp³-hybridized carbons (Fsp3) is 0.444. The number of pyridine rings is 1. The molecule has 0 fully saturated rings. The standard InChI is InChI=1S/C9H10F3NS/c1-5(2)7-3-6(14)4-8(13-7)9(10,11)12/h3-5H,1-2H3,(H,13,14). The molecule has 0 aromatic carbocycles. The molecule has 1 rings (SSSR count). The monoisotopic (exact) mass is 221 g/mol. The van der Waals surface area contributed by atoms with Gasteiger partial charge in [0.1, 0.15) is 5.69 Å². The first-order chi connectivity index (χ1) is 6.30. The summed E-state index contributed by atoms with van der Waals surface area (Å²) in [6, 6.07) is 2.48. The van der Waals surface area contributed by atoms with Crippen LogP contribution < -0.4 is 0 Å². The summed E-state index contributed by atoms with van der Waals surface area (Å²) < 4.78 is 37.2. The number of hydrogen-bond acceptors (Lipinski definition) is 1. The smallest absolute Gasteiger partial charge is 0.355 e. The van der Waals surface area contributed by atoms with E-state index in [1.54, 1.807) is 19.9 Å². The summed E-state index contributed by atoms with van der Waals surface area (Å²) in [6.07, 6.45) is -4.36. The van der Waals surface area contributed by atoms with Crippen LogP contribution in [0.1, 0.15) is 31.2 Å². The number of rotatable bonds is 1. The molecule has 1 nitrogen and oxygen atoms in total. The fourth-order valence-electron chi connectivity index (χ4n) is 1.03. The molecular formula is C9H10F3NS. The molecule has 0 unspecified atom stereocenters. The third kappa shape index (κ3) is 2.57. The summed E-state index contributed by atoms with van der Waals surface area (Å²) in [7, 11) is 0. The lowest BCUT2D eigenvalue weighted by molar-refractivity contribution is -0.141.